The lowest BCUT2D eigenvalue weighted by Gasteiger charge is -2.42. The molecule has 0 spiro atoms. The maximum Gasteiger partial charge on any atom is 0.304 e. The van der Waals surface area contributed by atoms with Gasteiger partial charge in [0.15, 0.2) is 0 Å². The molecule has 3 heterocycles. The van der Waals surface area contributed by atoms with Gasteiger partial charge in [0, 0.05) is 56.7 Å². The average Bonchev–Trinajstić information content (AvgIpc) is 3.23. The Kier molecular flexibility index (Phi) is 8.54. The van der Waals surface area contributed by atoms with E-state index in [-0.39, 0.29) is 17.9 Å². The minimum Gasteiger partial charge on any atom is -0.307 e. The highest BCUT2D eigenvalue weighted by atomic mass is 32.2. The third kappa shape index (κ3) is 6.39. The van der Waals surface area contributed by atoms with Crippen molar-refractivity contribution in [2.45, 2.75) is 89.3 Å². The highest BCUT2D eigenvalue weighted by Gasteiger charge is 2.39. The zero-order valence-corrected chi connectivity index (χ0v) is 23.2. The monoisotopic (exact) mass is 559 g/mol. The summed E-state index contributed by atoms with van der Waals surface area (Å²) in [7, 11) is -3.51. The van der Waals surface area contributed by atoms with Crippen LogP contribution in [-0.2, 0) is 15.9 Å². The zero-order valence-electron chi connectivity index (χ0n) is 22.4. The molecule has 0 amide bonds. The minimum atomic E-state index is -3.51. The smallest absolute Gasteiger partial charge is 0.304 e. The molecule has 2 fully saturated rings. The van der Waals surface area contributed by atoms with E-state index < -0.39 is 39.5 Å². The first-order valence-electron chi connectivity index (χ1n) is 13.2. The highest BCUT2D eigenvalue weighted by Crippen LogP contribution is 2.38. The third-order valence-electron chi connectivity index (χ3n) is 8.04. The highest BCUT2D eigenvalue weighted by molar-refractivity contribution is 7.88. The van der Waals surface area contributed by atoms with Gasteiger partial charge in [-0.1, -0.05) is 6.42 Å². The number of aromatic nitrogens is 3. The van der Waals surface area contributed by atoms with Crippen molar-refractivity contribution in [1.82, 2.24) is 24.0 Å². The van der Waals surface area contributed by atoms with Crippen molar-refractivity contribution in [3.63, 3.8) is 0 Å². The van der Waals surface area contributed by atoms with E-state index in [1.807, 2.05) is 6.92 Å². The van der Waals surface area contributed by atoms with E-state index in [1.54, 1.807) is 11.5 Å². The number of hydrogen-bond acceptors (Lipinski definition) is 5. The molecule has 2 aromatic rings. The number of piperidine rings is 2. The second kappa shape index (κ2) is 11.2. The number of rotatable bonds is 8. The van der Waals surface area contributed by atoms with Crippen LogP contribution in [0.25, 0.3) is 0 Å². The number of hydrogen-bond donors (Lipinski definition) is 0. The van der Waals surface area contributed by atoms with Crippen molar-refractivity contribution >= 4 is 10.0 Å². The van der Waals surface area contributed by atoms with Crippen LogP contribution in [0.2, 0.25) is 0 Å². The second-order valence-electron chi connectivity index (χ2n) is 10.9. The van der Waals surface area contributed by atoms with Crippen LogP contribution in [-0.4, -0.2) is 70.4 Å². The van der Waals surface area contributed by atoms with Crippen molar-refractivity contribution in [1.29, 1.82) is 0 Å². The summed E-state index contributed by atoms with van der Waals surface area (Å²) in [6, 6.07) is 2.87. The Morgan fingerprint density at radius 3 is 2.24 bits per heavy atom. The summed E-state index contributed by atoms with van der Waals surface area (Å²) >= 11 is 0. The van der Waals surface area contributed by atoms with Gasteiger partial charge in [-0.2, -0.15) is 13.1 Å². The standard InChI is InChI=1S/C26H37F4N5O2S/c1-17(33-11-8-22(9-12-33)35-18(2)31-32-25(35)26(3,29)30)13-23(19-14-20(27)16-21(28)15-19)24-7-5-6-10-34(24)38(4,36)37/h14-17,22-24H,5-13H2,1-4H3/t17-,23-,24?/m1/s1. The van der Waals surface area contributed by atoms with Crippen molar-refractivity contribution in [2.24, 2.45) is 0 Å². The third-order valence-corrected chi connectivity index (χ3v) is 9.35. The Hall–Kier alpha value is -2.05. The second-order valence-corrected chi connectivity index (χ2v) is 12.9. The summed E-state index contributed by atoms with van der Waals surface area (Å²) < 4.78 is 85.0. The van der Waals surface area contributed by atoms with E-state index in [0.717, 1.165) is 25.8 Å². The molecule has 0 radical (unpaired) electrons. The molecule has 2 aliphatic rings. The Morgan fingerprint density at radius 2 is 1.66 bits per heavy atom. The molecule has 38 heavy (non-hydrogen) atoms. The Balaban J connectivity index is 1.54. The van der Waals surface area contributed by atoms with Gasteiger partial charge in [0.25, 0.3) is 0 Å². The van der Waals surface area contributed by atoms with E-state index in [9.17, 15) is 26.0 Å². The van der Waals surface area contributed by atoms with Crippen molar-refractivity contribution in [2.75, 3.05) is 25.9 Å². The van der Waals surface area contributed by atoms with Crippen molar-refractivity contribution in [3.05, 3.63) is 47.0 Å². The number of benzene rings is 1. The number of aryl methyl sites for hydroxylation is 1. The largest absolute Gasteiger partial charge is 0.307 e. The van der Waals surface area contributed by atoms with Crippen LogP contribution < -0.4 is 0 Å². The van der Waals surface area contributed by atoms with E-state index in [1.165, 1.54) is 22.7 Å². The fourth-order valence-electron chi connectivity index (χ4n) is 6.26. The lowest BCUT2D eigenvalue weighted by Crippen LogP contribution is -2.48. The van der Waals surface area contributed by atoms with Gasteiger partial charge in [0.1, 0.15) is 17.5 Å². The molecule has 0 aliphatic carbocycles. The number of halogens is 4. The summed E-state index contributed by atoms with van der Waals surface area (Å²) in [5.41, 5.74) is 0.458. The number of nitrogens with zero attached hydrogens (tertiary/aromatic N) is 5. The summed E-state index contributed by atoms with van der Waals surface area (Å²) in [5.74, 6) is -4.73. The molecule has 2 saturated heterocycles. The van der Waals surface area contributed by atoms with Crippen molar-refractivity contribution < 1.29 is 26.0 Å². The first kappa shape index (κ1) is 28.9. The molecule has 1 aromatic carbocycles. The SMILES string of the molecule is Cc1nnc(C(C)(F)F)n1C1CCN([C@H](C)C[C@H](c2cc(F)cc(F)c2)C2CCCCN2S(C)(=O)=O)CC1. The van der Waals surface area contributed by atoms with E-state index in [0.29, 0.717) is 56.7 Å². The summed E-state index contributed by atoms with van der Waals surface area (Å²) in [6.07, 6.45) is 5.16. The number of alkyl halides is 2. The molecule has 2 aliphatic heterocycles. The molecule has 0 N–H and O–H groups in total. The van der Waals surface area contributed by atoms with Gasteiger partial charge in [-0.05, 0) is 63.6 Å². The molecule has 1 unspecified atom stereocenters. The van der Waals surface area contributed by atoms with E-state index in [2.05, 4.69) is 15.1 Å². The Labute approximate surface area is 222 Å². The Morgan fingerprint density at radius 1 is 1.03 bits per heavy atom. The predicted octanol–water partition coefficient (Wildman–Crippen LogP) is 4.99. The average molecular weight is 560 g/mol. The first-order valence-corrected chi connectivity index (χ1v) is 15.1. The molecule has 3 atom stereocenters. The Bertz CT molecular complexity index is 1200. The lowest BCUT2D eigenvalue weighted by molar-refractivity contribution is 0.0000100. The quantitative estimate of drug-likeness (QED) is 0.426. The molecule has 12 heteroatoms. The van der Waals surface area contributed by atoms with Crippen LogP contribution >= 0.6 is 0 Å². The van der Waals surface area contributed by atoms with E-state index >= 15 is 0 Å². The molecule has 7 nitrogen and oxygen atoms in total. The van der Waals surface area contributed by atoms with Crippen LogP contribution in [0.3, 0.4) is 0 Å². The van der Waals surface area contributed by atoms with Gasteiger partial charge in [0.05, 0.1) is 6.26 Å². The lowest BCUT2D eigenvalue weighted by atomic mass is 9.81. The normalized spacial score (nSPS) is 22.5. The van der Waals surface area contributed by atoms with Gasteiger partial charge in [-0.3, -0.25) is 0 Å². The first-order chi connectivity index (χ1) is 17.8. The molecule has 4 rings (SSSR count). The fourth-order valence-corrected chi connectivity index (χ4v) is 7.46. The molecular formula is C26H37F4N5O2S. The summed E-state index contributed by atoms with van der Waals surface area (Å²) in [4.78, 5) is 2.25. The van der Waals surface area contributed by atoms with Crippen LogP contribution in [0.1, 0.15) is 81.5 Å². The van der Waals surface area contributed by atoms with Crippen LogP contribution in [0.5, 0.6) is 0 Å². The van der Waals surface area contributed by atoms with Gasteiger partial charge in [-0.25, -0.2) is 17.2 Å². The number of sulfonamides is 1. The number of likely N-dealkylation sites (tertiary alicyclic amines) is 1. The molecule has 0 bridgehead atoms. The summed E-state index contributed by atoms with van der Waals surface area (Å²) in [5, 5.41) is 7.60. The molecule has 1 aromatic heterocycles. The zero-order chi connectivity index (χ0) is 27.8. The predicted molar refractivity (Wildman–Crippen MR) is 137 cm³/mol. The molecule has 212 valence electrons. The van der Waals surface area contributed by atoms with Gasteiger partial charge in [-0.15, -0.1) is 10.2 Å². The molecule has 0 saturated carbocycles. The van der Waals surface area contributed by atoms with Crippen molar-refractivity contribution in [3.8, 4) is 0 Å². The topological polar surface area (TPSA) is 71.3 Å². The van der Waals surface area contributed by atoms with E-state index in [4.69, 9.17) is 0 Å². The van der Waals surface area contributed by atoms with Crippen LogP contribution in [0.4, 0.5) is 17.6 Å². The van der Waals surface area contributed by atoms with Crippen LogP contribution in [0.15, 0.2) is 18.2 Å². The molecular weight excluding hydrogens is 522 g/mol. The van der Waals surface area contributed by atoms with Gasteiger partial charge in [0.2, 0.25) is 15.8 Å². The maximum atomic E-state index is 14.3. The van der Waals surface area contributed by atoms with Gasteiger partial charge >= 0.3 is 5.92 Å². The van der Waals surface area contributed by atoms with Crippen LogP contribution in [0, 0.1) is 18.6 Å². The fraction of sp³-hybridized carbons (Fsp3) is 0.692. The maximum absolute atomic E-state index is 14.3. The minimum absolute atomic E-state index is 0.0234. The summed E-state index contributed by atoms with van der Waals surface area (Å²) in [6.45, 7) is 6.21. The van der Waals surface area contributed by atoms with Gasteiger partial charge < -0.3 is 9.47 Å².